The highest BCUT2D eigenvalue weighted by molar-refractivity contribution is 5.91. The van der Waals surface area contributed by atoms with E-state index in [1.165, 1.54) is 0 Å². The summed E-state index contributed by atoms with van der Waals surface area (Å²) < 4.78 is 2.06. The van der Waals surface area contributed by atoms with E-state index in [-0.39, 0.29) is 5.91 Å². The average molecular weight is 231 g/mol. The fraction of sp³-hybridized carbons (Fsp3) is 0.385. The van der Waals surface area contributed by atoms with Crippen LogP contribution in [0.2, 0.25) is 0 Å². The van der Waals surface area contributed by atoms with Crippen LogP contribution in [0, 0.1) is 0 Å². The Bertz CT molecular complexity index is 530. The molecule has 17 heavy (non-hydrogen) atoms. The summed E-state index contributed by atoms with van der Waals surface area (Å²) in [6.07, 6.45) is 1.48. The van der Waals surface area contributed by atoms with Crippen LogP contribution in [-0.4, -0.2) is 15.5 Å². The van der Waals surface area contributed by atoms with E-state index in [9.17, 15) is 4.79 Å². The number of carbonyl (C=O) groups is 1. The van der Waals surface area contributed by atoms with Gasteiger partial charge in [0.15, 0.2) is 0 Å². The highest BCUT2D eigenvalue weighted by Crippen LogP contribution is 2.19. The van der Waals surface area contributed by atoms with E-state index in [1.54, 1.807) is 0 Å². The van der Waals surface area contributed by atoms with Crippen LogP contribution in [0.25, 0.3) is 11.0 Å². The van der Waals surface area contributed by atoms with Crippen LogP contribution in [0.3, 0.4) is 0 Å². The first-order valence-corrected chi connectivity index (χ1v) is 6.01. The van der Waals surface area contributed by atoms with Crippen molar-refractivity contribution in [3.8, 4) is 0 Å². The lowest BCUT2D eigenvalue weighted by Crippen LogP contribution is -2.14. The monoisotopic (exact) mass is 231 g/mol. The van der Waals surface area contributed by atoms with Crippen LogP contribution in [0.5, 0.6) is 0 Å². The molecule has 1 amide bonds. The summed E-state index contributed by atoms with van der Waals surface area (Å²) in [4.78, 5) is 15.9. The molecule has 0 bridgehead atoms. The molecular weight excluding hydrogens is 214 g/mol. The van der Waals surface area contributed by atoms with E-state index < -0.39 is 0 Å². The highest BCUT2D eigenvalue weighted by Gasteiger charge is 2.11. The minimum absolute atomic E-state index is 0.00217. The van der Waals surface area contributed by atoms with E-state index in [4.69, 9.17) is 0 Å². The van der Waals surface area contributed by atoms with Gasteiger partial charge in [0, 0.05) is 13.0 Å². The Kier molecular flexibility index (Phi) is 3.42. The molecule has 4 nitrogen and oxygen atoms in total. The second-order valence-electron chi connectivity index (χ2n) is 3.98. The maximum atomic E-state index is 11.5. The molecule has 0 spiro atoms. The first-order chi connectivity index (χ1) is 8.26. The SMILES string of the molecule is CCCn1c(NC(=O)CC)nc2ccccc21. The zero-order chi connectivity index (χ0) is 12.3. The fourth-order valence-electron chi connectivity index (χ4n) is 1.83. The van der Waals surface area contributed by atoms with Crippen molar-refractivity contribution in [1.82, 2.24) is 9.55 Å². The Labute approximate surface area is 101 Å². The largest absolute Gasteiger partial charge is 0.310 e. The van der Waals surface area contributed by atoms with E-state index in [2.05, 4.69) is 21.8 Å². The highest BCUT2D eigenvalue weighted by atomic mass is 16.1. The summed E-state index contributed by atoms with van der Waals surface area (Å²) >= 11 is 0. The second kappa shape index (κ2) is 4.99. The molecule has 0 aliphatic carbocycles. The van der Waals surface area contributed by atoms with Gasteiger partial charge in [0.25, 0.3) is 0 Å². The number of nitrogens with one attached hydrogen (secondary N) is 1. The van der Waals surface area contributed by atoms with Crippen molar-refractivity contribution in [2.45, 2.75) is 33.2 Å². The van der Waals surface area contributed by atoms with Crippen LogP contribution < -0.4 is 5.32 Å². The van der Waals surface area contributed by atoms with Crippen LogP contribution >= 0.6 is 0 Å². The van der Waals surface area contributed by atoms with Crippen molar-refractivity contribution in [1.29, 1.82) is 0 Å². The number of fused-ring (bicyclic) bond motifs is 1. The molecule has 0 fully saturated rings. The number of hydrogen-bond donors (Lipinski definition) is 1. The Morgan fingerprint density at radius 2 is 2.12 bits per heavy atom. The predicted octanol–water partition coefficient (Wildman–Crippen LogP) is 2.79. The number of imidazole rings is 1. The number of anilines is 1. The predicted molar refractivity (Wildman–Crippen MR) is 68.9 cm³/mol. The number of carbonyl (C=O) groups excluding carboxylic acids is 1. The van der Waals surface area contributed by atoms with Gasteiger partial charge in [-0.1, -0.05) is 26.0 Å². The zero-order valence-electron chi connectivity index (χ0n) is 10.2. The average Bonchev–Trinajstić information content (AvgIpc) is 2.68. The minimum Gasteiger partial charge on any atom is -0.310 e. The molecular formula is C13H17N3O. The molecule has 4 heteroatoms. The third kappa shape index (κ3) is 2.30. The Hall–Kier alpha value is -1.84. The summed E-state index contributed by atoms with van der Waals surface area (Å²) in [6.45, 7) is 4.81. The summed E-state index contributed by atoms with van der Waals surface area (Å²) in [5, 5.41) is 2.85. The Morgan fingerprint density at radius 3 is 2.82 bits per heavy atom. The molecule has 0 unspecified atom stereocenters. The van der Waals surface area contributed by atoms with Crippen molar-refractivity contribution < 1.29 is 4.79 Å². The van der Waals surface area contributed by atoms with E-state index in [0.717, 1.165) is 24.0 Å². The molecule has 1 heterocycles. The molecule has 0 aliphatic rings. The van der Waals surface area contributed by atoms with Gasteiger partial charge in [0.2, 0.25) is 11.9 Å². The first kappa shape index (κ1) is 11.6. The van der Waals surface area contributed by atoms with E-state index in [0.29, 0.717) is 12.4 Å². The van der Waals surface area contributed by atoms with Gasteiger partial charge in [-0.25, -0.2) is 4.98 Å². The summed E-state index contributed by atoms with van der Waals surface area (Å²) in [6, 6.07) is 7.93. The molecule has 1 N–H and O–H groups in total. The molecule has 1 aromatic heterocycles. The van der Waals surface area contributed by atoms with Crippen molar-refractivity contribution in [3.05, 3.63) is 24.3 Å². The first-order valence-electron chi connectivity index (χ1n) is 6.01. The second-order valence-corrected chi connectivity index (χ2v) is 3.98. The van der Waals surface area contributed by atoms with Gasteiger partial charge in [-0.15, -0.1) is 0 Å². The smallest absolute Gasteiger partial charge is 0.226 e. The lowest BCUT2D eigenvalue weighted by molar-refractivity contribution is -0.115. The normalized spacial score (nSPS) is 10.7. The zero-order valence-corrected chi connectivity index (χ0v) is 10.2. The maximum Gasteiger partial charge on any atom is 0.226 e. The van der Waals surface area contributed by atoms with Crippen LogP contribution in [0.4, 0.5) is 5.95 Å². The minimum atomic E-state index is -0.00217. The topological polar surface area (TPSA) is 46.9 Å². The lowest BCUT2D eigenvalue weighted by Gasteiger charge is -2.07. The van der Waals surface area contributed by atoms with Gasteiger partial charge in [0.1, 0.15) is 0 Å². The van der Waals surface area contributed by atoms with Gasteiger partial charge >= 0.3 is 0 Å². The molecule has 1 aromatic carbocycles. The third-order valence-corrected chi connectivity index (χ3v) is 2.67. The Morgan fingerprint density at radius 1 is 1.35 bits per heavy atom. The van der Waals surface area contributed by atoms with Gasteiger partial charge in [-0.3, -0.25) is 10.1 Å². The molecule has 0 aliphatic heterocycles. The number of rotatable bonds is 4. The molecule has 0 atom stereocenters. The van der Waals surface area contributed by atoms with Gasteiger partial charge < -0.3 is 4.57 Å². The summed E-state index contributed by atoms with van der Waals surface area (Å²) in [5.41, 5.74) is 1.99. The number of hydrogen-bond acceptors (Lipinski definition) is 2. The molecule has 2 aromatic rings. The van der Waals surface area contributed by atoms with Crippen molar-refractivity contribution in [3.63, 3.8) is 0 Å². The van der Waals surface area contributed by atoms with Crippen molar-refractivity contribution in [2.24, 2.45) is 0 Å². The van der Waals surface area contributed by atoms with Gasteiger partial charge in [-0.05, 0) is 18.6 Å². The lowest BCUT2D eigenvalue weighted by atomic mass is 10.3. The van der Waals surface area contributed by atoms with E-state index >= 15 is 0 Å². The fourth-order valence-corrected chi connectivity index (χ4v) is 1.83. The quantitative estimate of drug-likeness (QED) is 0.879. The molecule has 2 rings (SSSR count). The number of nitrogens with zero attached hydrogens (tertiary/aromatic N) is 2. The van der Waals surface area contributed by atoms with Crippen LogP contribution in [0.15, 0.2) is 24.3 Å². The summed E-state index contributed by atoms with van der Waals surface area (Å²) in [7, 11) is 0. The molecule has 0 saturated carbocycles. The number of aryl methyl sites for hydroxylation is 1. The number of para-hydroxylation sites is 2. The third-order valence-electron chi connectivity index (χ3n) is 2.67. The van der Waals surface area contributed by atoms with Crippen molar-refractivity contribution in [2.75, 3.05) is 5.32 Å². The van der Waals surface area contributed by atoms with E-state index in [1.807, 2.05) is 31.2 Å². The standard InChI is InChI=1S/C13H17N3O/c1-3-9-16-11-8-6-5-7-10(11)14-13(16)15-12(17)4-2/h5-8H,3-4,9H2,1-2H3,(H,14,15,17). The Balaban J connectivity index is 2.45. The van der Waals surface area contributed by atoms with Gasteiger partial charge in [-0.2, -0.15) is 0 Å². The number of aromatic nitrogens is 2. The molecule has 0 saturated heterocycles. The molecule has 90 valence electrons. The number of benzene rings is 1. The number of amides is 1. The maximum absolute atomic E-state index is 11.5. The molecule has 0 radical (unpaired) electrons. The van der Waals surface area contributed by atoms with Gasteiger partial charge in [0.05, 0.1) is 11.0 Å². The van der Waals surface area contributed by atoms with Crippen LogP contribution in [0.1, 0.15) is 26.7 Å². The summed E-state index contributed by atoms with van der Waals surface area (Å²) in [5.74, 6) is 0.651. The van der Waals surface area contributed by atoms with Crippen LogP contribution in [-0.2, 0) is 11.3 Å². The van der Waals surface area contributed by atoms with Crippen molar-refractivity contribution >= 4 is 22.9 Å².